The Balaban J connectivity index is 3.39. The first-order valence-electron chi connectivity index (χ1n) is 4.62. The summed E-state index contributed by atoms with van der Waals surface area (Å²) in [6.07, 6.45) is -4.86. The van der Waals surface area contributed by atoms with Crippen molar-refractivity contribution in [2.24, 2.45) is 5.14 Å². The number of primary sulfonamides is 1. The van der Waals surface area contributed by atoms with Gasteiger partial charge in [-0.15, -0.1) is 0 Å². The maximum absolute atomic E-state index is 13.5. The minimum absolute atomic E-state index is 0.223. The molecule has 0 atom stereocenters. The standard InChI is InChI=1S/C8H6F4N2O5S/c9-5-1-4(14(15)16)2-6(20(13,17)18)7(5)19-3-8(10,11)12/h1-2H,3H2,(H2,13,17,18). The molecule has 0 spiro atoms. The molecule has 1 rings (SSSR count). The molecule has 20 heavy (non-hydrogen) atoms. The SMILES string of the molecule is NS(=O)(=O)c1cc([N+](=O)[O-])cc(F)c1OCC(F)(F)F. The molecule has 2 N–H and O–H groups in total. The third-order valence-electron chi connectivity index (χ3n) is 1.89. The summed E-state index contributed by atoms with van der Waals surface area (Å²) in [5.41, 5.74) is -0.995. The molecule has 12 heteroatoms. The topological polar surface area (TPSA) is 113 Å². The average molecular weight is 318 g/mol. The summed E-state index contributed by atoms with van der Waals surface area (Å²) in [6.45, 7) is -1.98. The van der Waals surface area contributed by atoms with Crippen LogP contribution in [0.4, 0.5) is 23.2 Å². The first kappa shape index (κ1) is 16.1. The van der Waals surface area contributed by atoms with Gasteiger partial charge in [0.1, 0.15) is 4.90 Å². The Morgan fingerprint density at radius 2 is 1.90 bits per heavy atom. The van der Waals surface area contributed by atoms with Crippen LogP contribution < -0.4 is 9.88 Å². The van der Waals surface area contributed by atoms with Crippen molar-refractivity contribution in [2.75, 3.05) is 6.61 Å². The Morgan fingerprint density at radius 3 is 2.30 bits per heavy atom. The van der Waals surface area contributed by atoms with E-state index in [0.717, 1.165) is 0 Å². The fourth-order valence-electron chi connectivity index (χ4n) is 1.17. The molecule has 7 nitrogen and oxygen atoms in total. The van der Waals surface area contributed by atoms with E-state index in [1.165, 1.54) is 0 Å². The summed E-state index contributed by atoms with van der Waals surface area (Å²) < 4.78 is 75.7. The Kier molecular flexibility index (Phi) is 4.19. The van der Waals surface area contributed by atoms with Gasteiger partial charge in [-0.3, -0.25) is 10.1 Å². The van der Waals surface area contributed by atoms with Gasteiger partial charge in [0.05, 0.1) is 11.0 Å². The fraction of sp³-hybridized carbons (Fsp3) is 0.250. The van der Waals surface area contributed by atoms with Crippen molar-refractivity contribution in [3.05, 3.63) is 28.1 Å². The molecule has 112 valence electrons. The molecule has 0 radical (unpaired) electrons. The molecule has 0 aliphatic rings. The van der Waals surface area contributed by atoms with E-state index >= 15 is 0 Å². The maximum atomic E-state index is 13.5. The van der Waals surface area contributed by atoms with Crippen LogP contribution in [0.5, 0.6) is 5.75 Å². The number of nitro benzene ring substituents is 1. The summed E-state index contributed by atoms with van der Waals surface area (Å²) in [5, 5.41) is 15.1. The van der Waals surface area contributed by atoms with E-state index in [1.54, 1.807) is 0 Å². The van der Waals surface area contributed by atoms with Crippen LogP contribution >= 0.6 is 0 Å². The molecular formula is C8H6F4N2O5S. The third-order valence-corrected chi connectivity index (χ3v) is 2.81. The number of nitrogens with two attached hydrogens (primary N) is 1. The number of halogens is 4. The van der Waals surface area contributed by atoms with Crippen molar-refractivity contribution in [1.29, 1.82) is 0 Å². The molecule has 0 bridgehead atoms. The summed E-state index contributed by atoms with van der Waals surface area (Å²) in [6, 6.07) is 0.532. The zero-order chi connectivity index (χ0) is 15.7. The molecule has 0 saturated carbocycles. The lowest BCUT2D eigenvalue weighted by Gasteiger charge is -2.12. The number of sulfonamides is 1. The zero-order valence-corrected chi connectivity index (χ0v) is 10.2. The van der Waals surface area contributed by atoms with Gasteiger partial charge in [-0.2, -0.15) is 13.2 Å². The number of ether oxygens (including phenoxy) is 1. The highest BCUT2D eigenvalue weighted by atomic mass is 32.2. The van der Waals surface area contributed by atoms with Crippen molar-refractivity contribution < 1.29 is 35.6 Å². The highest BCUT2D eigenvalue weighted by Gasteiger charge is 2.32. The molecule has 0 saturated heterocycles. The predicted molar refractivity (Wildman–Crippen MR) is 56.0 cm³/mol. The van der Waals surface area contributed by atoms with E-state index in [4.69, 9.17) is 0 Å². The van der Waals surface area contributed by atoms with Crippen LogP contribution in [-0.2, 0) is 10.0 Å². The van der Waals surface area contributed by atoms with Crippen LogP contribution in [0.25, 0.3) is 0 Å². The van der Waals surface area contributed by atoms with E-state index in [-0.39, 0.29) is 6.07 Å². The predicted octanol–water partition coefficient (Wildman–Crippen LogP) is 1.32. The highest BCUT2D eigenvalue weighted by molar-refractivity contribution is 7.89. The normalized spacial score (nSPS) is 12.2. The Bertz CT molecular complexity index is 643. The second kappa shape index (κ2) is 5.20. The smallest absolute Gasteiger partial charge is 0.422 e. The zero-order valence-electron chi connectivity index (χ0n) is 9.35. The van der Waals surface area contributed by atoms with E-state index < -0.39 is 49.9 Å². The van der Waals surface area contributed by atoms with Gasteiger partial charge >= 0.3 is 6.18 Å². The molecular weight excluding hydrogens is 312 g/mol. The van der Waals surface area contributed by atoms with E-state index in [2.05, 4.69) is 9.88 Å². The lowest BCUT2D eigenvalue weighted by Crippen LogP contribution is -2.22. The van der Waals surface area contributed by atoms with E-state index in [1.807, 2.05) is 0 Å². The Morgan fingerprint density at radius 1 is 1.35 bits per heavy atom. The second-order valence-corrected chi connectivity index (χ2v) is 4.99. The van der Waals surface area contributed by atoms with Gasteiger partial charge in [0.2, 0.25) is 10.0 Å². The van der Waals surface area contributed by atoms with Crippen molar-refractivity contribution in [2.45, 2.75) is 11.1 Å². The largest absolute Gasteiger partial charge is 0.480 e. The molecule has 0 aliphatic carbocycles. The van der Waals surface area contributed by atoms with Crippen LogP contribution in [0.15, 0.2) is 17.0 Å². The van der Waals surface area contributed by atoms with Crippen LogP contribution in [0, 0.1) is 15.9 Å². The van der Waals surface area contributed by atoms with Crippen molar-refractivity contribution in [3.8, 4) is 5.75 Å². The lowest BCUT2D eigenvalue weighted by atomic mass is 10.3. The summed E-state index contributed by atoms with van der Waals surface area (Å²) >= 11 is 0. The molecule has 1 aromatic carbocycles. The minimum atomic E-state index is -4.86. The maximum Gasteiger partial charge on any atom is 0.422 e. The average Bonchev–Trinajstić information content (AvgIpc) is 2.23. The van der Waals surface area contributed by atoms with Gasteiger partial charge in [0.15, 0.2) is 18.2 Å². The van der Waals surface area contributed by atoms with Gasteiger partial charge in [0.25, 0.3) is 5.69 Å². The van der Waals surface area contributed by atoms with E-state index in [9.17, 15) is 36.1 Å². The second-order valence-electron chi connectivity index (χ2n) is 3.46. The fourth-order valence-corrected chi connectivity index (χ4v) is 1.87. The van der Waals surface area contributed by atoms with Crippen molar-refractivity contribution >= 4 is 15.7 Å². The summed E-state index contributed by atoms with van der Waals surface area (Å²) in [7, 11) is -4.72. The molecule has 0 aromatic heterocycles. The first-order valence-corrected chi connectivity index (χ1v) is 6.17. The van der Waals surface area contributed by atoms with Gasteiger partial charge < -0.3 is 4.74 Å². The van der Waals surface area contributed by atoms with Gasteiger partial charge in [0, 0.05) is 6.07 Å². The number of benzene rings is 1. The number of non-ortho nitro benzene ring substituents is 1. The Labute approximate surface area is 109 Å². The van der Waals surface area contributed by atoms with Gasteiger partial charge in [-0.05, 0) is 0 Å². The quantitative estimate of drug-likeness (QED) is 0.511. The van der Waals surface area contributed by atoms with Gasteiger partial charge in [-0.1, -0.05) is 0 Å². The minimum Gasteiger partial charge on any atom is -0.480 e. The molecule has 0 unspecified atom stereocenters. The number of hydrogen-bond donors (Lipinski definition) is 1. The van der Waals surface area contributed by atoms with Gasteiger partial charge in [-0.25, -0.2) is 17.9 Å². The highest BCUT2D eigenvalue weighted by Crippen LogP contribution is 2.32. The molecule has 0 fully saturated rings. The Hall–Kier alpha value is -1.95. The monoisotopic (exact) mass is 318 g/mol. The number of alkyl halides is 3. The molecule has 0 heterocycles. The van der Waals surface area contributed by atoms with Crippen LogP contribution in [-0.4, -0.2) is 26.1 Å². The lowest BCUT2D eigenvalue weighted by molar-refractivity contribution is -0.385. The number of nitro groups is 1. The van der Waals surface area contributed by atoms with Crippen LogP contribution in [0.3, 0.4) is 0 Å². The molecule has 1 aromatic rings. The first-order chi connectivity index (χ1) is 8.92. The van der Waals surface area contributed by atoms with Crippen LogP contribution in [0.2, 0.25) is 0 Å². The molecule has 0 aliphatic heterocycles. The number of nitrogens with zero attached hydrogens (tertiary/aromatic N) is 1. The third kappa shape index (κ3) is 4.03. The molecule has 0 amide bonds. The van der Waals surface area contributed by atoms with Crippen molar-refractivity contribution in [3.63, 3.8) is 0 Å². The number of rotatable bonds is 4. The summed E-state index contributed by atoms with van der Waals surface area (Å²) in [5.74, 6) is -2.97. The van der Waals surface area contributed by atoms with Crippen LogP contribution in [0.1, 0.15) is 0 Å². The number of hydrogen-bond acceptors (Lipinski definition) is 5. The van der Waals surface area contributed by atoms with E-state index in [0.29, 0.717) is 6.07 Å². The summed E-state index contributed by atoms with van der Waals surface area (Å²) in [4.78, 5) is 8.07. The van der Waals surface area contributed by atoms with Crippen molar-refractivity contribution in [1.82, 2.24) is 0 Å².